The average molecular weight is 485 g/mol. The van der Waals surface area contributed by atoms with Crippen LogP contribution in [0.15, 0.2) is 42.9 Å². The summed E-state index contributed by atoms with van der Waals surface area (Å²) in [6.07, 6.45) is 8.64. The van der Waals surface area contributed by atoms with Crippen molar-refractivity contribution in [3.05, 3.63) is 54.1 Å². The maximum atomic E-state index is 12.3. The summed E-state index contributed by atoms with van der Waals surface area (Å²) in [7, 11) is 0. The summed E-state index contributed by atoms with van der Waals surface area (Å²) in [5.74, 6) is 0.105. The van der Waals surface area contributed by atoms with Gasteiger partial charge in [0.25, 0.3) is 0 Å². The zero-order valence-electron chi connectivity index (χ0n) is 21.1. The van der Waals surface area contributed by atoms with E-state index in [0.717, 1.165) is 77.9 Å². The van der Waals surface area contributed by atoms with Gasteiger partial charge in [-0.3, -0.25) is 19.1 Å². The first-order valence-corrected chi connectivity index (χ1v) is 12.9. The van der Waals surface area contributed by atoms with Gasteiger partial charge in [0.2, 0.25) is 5.91 Å². The topological polar surface area (TPSA) is 78.1 Å². The zero-order chi connectivity index (χ0) is 24.8. The largest absolute Gasteiger partial charge is 0.381 e. The van der Waals surface area contributed by atoms with Gasteiger partial charge >= 0.3 is 0 Å². The second kappa shape index (κ2) is 9.17. The third-order valence-electron chi connectivity index (χ3n) is 7.50. The van der Waals surface area contributed by atoms with Gasteiger partial charge in [-0.2, -0.15) is 10.2 Å². The molecule has 4 aromatic rings. The normalized spacial score (nSPS) is 16.6. The number of hydrogen-bond donors (Lipinski definition) is 0. The third-order valence-corrected chi connectivity index (χ3v) is 7.50. The van der Waals surface area contributed by atoms with E-state index in [-0.39, 0.29) is 5.91 Å². The van der Waals surface area contributed by atoms with E-state index in [0.29, 0.717) is 18.6 Å². The number of aromatic nitrogens is 5. The van der Waals surface area contributed by atoms with Gasteiger partial charge in [-0.05, 0) is 32.8 Å². The molecule has 1 fully saturated rings. The lowest BCUT2D eigenvalue weighted by atomic mass is 9.97. The van der Waals surface area contributed by atoms with Crippen molar-refractivity contribution in [1.82, 2.24) is 29.4 Å². The van der Waals surface area contributed by atoms with Crippen LogP contribution >= 0.6 is 0 Å². The van der Waals surface area contributed by atoms with E-state index >= 15 is 0 Å². The molecule has 0 unspecified atom stereocenters. The van der Waals surface area contributed by atoms with Crippen molar-refractivity contribution in [2.75, 3.05) is 19.8 Å². The zero-order valence-corrected chi connectivity index (χ0v) is 21.1. The smallest absolute Gasteiger partial charge is 0.219 e. The maximum Gasteiger partial charge on any atom is 0.219 e. The molecular weight excluding hydrogens is 452 g/mol. The molecule has 1 saturated heterocycles. The molecule has 2 aliphatic rings. The van der Waals surface area contributed by atoms with Crippen LogP contribution in [0.5, 0.6) is 0 Å². The van der Waals surface area contributed by atoms with Crippen molar-refractivity contribution in [1.29, 1.82) is 0 Å². The van der Waals surface area contributed by atoms with E-state index in [1.165, 1.54) is 5.69 Å². The van der Waals surface area contributed by atoms with Crippen LogP contribution < -0.4 is 0 Å². The van der Waals surface area contributed by atoms with E-state index in [9.17, 15) is 4.79 Å². The number of carbonyl (C=O) groups excluding carboxylic acids is 1. The molecule has 1 aromatic carbocycles. The molecular formula is C28H32N6O2. The SMILES string of the molecule is CC(=O)N1CCc2c(c(-c3cccc4cc(-c5cnn(C(C)C)c5)cnc34)nn2C2CCOCC2)C1. The average Bonchev–Trinajstić information content (AvgIpc) is 3.54. The monoisotopic (exact) mass is 484 g/mol. The molecule has 0 bridgehead atoms. The summed E-state index contributed by atoms with van der Waals surface area (Å²) in [5, 5.41) is 10.8. The molecule has 0 N–H and O–H groups in total. The molecule has 8 nitrogen and oxygen atoms in total. The molecule has 8 heteroatoms. The predicted molar refractivity (Wildman–Crippen MR) is 138 cm³/mol. The van der Waals surface area contributed by atoms with Crippen molar-refractivity contribution in [2.45, 2.75) is 58.7 Å². The van der Waals surface area contributed by atoms with Crippen molar-refractivity contribution in [3.63, 3.8) is 0 Å². The first-order valence-electron chi connectivity index (χ1n) is 12.9. The highest BCUT2D eigenvalue weighted by atomic mass is 16.5. The number of benzene rings is 1. The van der Waals surface area contributed by atoms with Crippen LogP contribution in [0.3, 0.4) is 0 Å². The fourth-order valence-corrected chi connectivity index (χ4v) is 5.44. The number of fused-ring (bicyclic) bond motifs is 2. The number of ether oxygens (including phenoxy) is 1. The summed E-state index contributed by atoms with van der Waals surface area (Å²) >= 11 is 0. The lowest BCUT2D eigenvalue weighted by Crippen LogP contribution is -2.35. The summed E-state index contributed by atoms with van der Waals surface area (Å²) < 4.78 is 9.81. The van der Waals surface area contributed by atoms with Gasteiger partial charge in [0.05, 0.1) is 23.4 Å². The van der Waals surface area contributed by atoms with Crippen LogP contribution in [0.25, 0.3) is 33.3 Å². The van der Waals surface area contributed by atoms with Crippen molar-refractivity contribution < 1.29 is 9.53 Å². The van der Waals surface area contributed by atoms with Gasteiger partial charge < -0.3 is 9.64 Å². The molecule has 2 aliphatic heterocycles. The summed E-state index contributed by atoms with van der Waals surface area (Å²) in [6, 6.07) is 9.10. The first-order chi connectivity index (χ1) is 17.5. The highest BCUT2D eigenvalue weighted by Gasteiger charge is 2.30. The van der Waals surface area contributed by atoms with Gasteiger partial charge in [-0.15, -0.1) is 0 Å². The minimum atomic E-state index is 0.105. The number of nitrogens with zero attached hydrogens (tertiary/aromatic N) is 6. The Morgan fingerprint density at radius 3 is 2.72 bits per heavy atom. The van der Waals surface area contributed by atoms with E-state index in [1.807, 2.05) is 22.0 Å². The second-order valence-corrected chi connectivity index (χ2v) is 10.2. The number of amides is 1. The van der Waals surface area contributed by atoms with Crippen LogP contribution in [-0.4, -0.2) is 55.1 Å². The Morgan fingerprint density at radius 2 is 1.97 bits per heavy atom. The minimum Gasteiger partial charge on any atom is -0.381 e. The Kier molecular flexibility index (Phi) is 5.84. The Hall–Kier alpha value is -3.52. The fourth-order valence-electron chi connectivity index (χ4n) is 5.44. The Bertz CT molecular complexity index is 1430. The molecule has 0 saturated carbocycles. The Morgan fingerprint density at radius 1 is 1.14 bits per heavy atom. The quantitative estimate of drug-likeness (QED) is 0.416. The molecule has 5 heterocycles. The molecule has 0 aliphatic carbocycles. The summed E-state index contributed by atoms with van der Waals surface area (Å²) in [4.78, 5) is 19.1. The van der Waals surface area contributed by atoms with Crippen LogP contribution in [0.1, 0.15) is 57.0 Å². The minimum absolute atomic E-state index is 0.105. The highest BCUT2D eigenvalue weighted by molar-refractivity contribution is 5.95. The first kappa shape index (κ1) is 22.9. The van der Waals surface area contributed by atoms with E-state index in [1.54, 1.807) is 6.92 Å². The molecule has 0 atom stereocenters. The molecule has 0 spiro atoms. The van der Waals surface area contributed by atoms with E-state index in [2.05, 4.69) is 54.1 Å². The molecule has 6 rings (SSSR count). The van der Waals surface area contributed by atoms with Gasteiger partial charge in [0, 0.05) is 91.4 Å². The number of rotatable bonds is 4. The Labute approximate surface area is 210 Å². The van der Waals surface area contributed by atoms with Gasteiger partial charge in [-0.25, -0.2) is 0 Å². The maximum absolute atomic E-state index is 12.3. The number of para-hydroxylation sites is 1. The van der Waals surface area contributed by atoms with Crippen LogP contribution in [-0.2, 0) is 22.5 Å². The summed E-state index contributed by atoms with van der Waals surface area (Å²) in [5.41, 5.74) is 7.40. The molecule has 36 heavy (non-hydrogen) atoms. The van der Waals surface area contributed by atoms with Crippen LogP contribution in [0, 0.1) is 0 Å². The Balaban J connectivity index is 1.46. The van der Waals surface area contributed by atoms with E-state index in [4.69, 9.17) is 14.8 Å². The number of hydrogen-bond acceptors (Lipinski definition) is 5. The standard InChI is InChI=1S/C28H32N6O2/c1-18(2)33-16-22(15-30-33)21-13-20-5-4-6-24(27(20)29-14-21)28-25-17-32(19(3)35)10-7-26(25)34(31-28)23-8-11-36-12-9-23/h4-6,13-16,18,23H,7-12,17H2,1-3H3. The third kappa shape index (κ3) is 3.99. The van der Waals surface area contributed by atoms with Crippen molar-refractivity contribution in [2.24, 2.45) is 0 Å². The van der Waals surface area contributed by atoms with Crippen LogP contribution in [0.4, 0.5) is 0 Å². The second-order valence-electron chi connectivity index (χ2n) is 10.2. The highest BCUT2D eigenvalue weighted by Crippen LogP contribution is 2.37. The van der Waals surface area contributed by atoms with Crippen molar-refractivity contribution in [3.8, 4) is 22.4 Å². The molecule has 1 amide bonds. The van der Waals surface area contributed by atoms with Gasteiger partial charge in [-0.1, -0.05) is 18.2 Å². The van der Waals surface area contributed by atoms with E-state index < -0.39 is 0 Å². The van der Waals surface area contributed by atoms with Gasteiger partial charge in [0.15, 0.2) is 0 Å². The lowest BCUT2D eigenvalue weighted by Gasteiger charge is -2.29. The number of carbonyl (C=O) groups is 1. The van der Waals surface area contributed by atoms with Gasteiger partial charge in [0.1, 0.15) is 0 Å². The molecule has 3 aromatic heterocycles. The predicted octanol–water partition coefficient (Wildman–Crippen LogP) is 4.80. The van der Waals surface area contributed by atoms with Crippen LogP contribution in [0.2, 0.25) is 0 Å². The summed E-state index contributed by atoms with van der Waals surface area (Å²) in [6.45, 7) is 8.74. The molecule has 186 valence electrons. The molecule has 0 radical (unpaired) electrons. The fraction of sp³-hybridized carbons (Fsp3) is 0.429. The number of pyridine rings is 1. The van der Waals surface area contributed by atoms with Crippen molar-refractivity contribution >= 4 is 16.8 Å². The lowest BCUT2D eigenvalue weighted by molar-refractivity contribution is -0.129.